The predicted molar refractivity (Wildman–Crippen MR) is 107 cm³/mol. The molecule has 0 aliphatic rings. The zero-order valence-electron chi connectivity index (χ0n) is 14.0. The molecule has 0 spiro atoms. The molecule has 3 rings (SSSR count). The molecule has 128 valence electrons. The molecule has 0 amide bonds. The van der Waals surface area contributed by atoms with E-state index in [0.29, 0.717) is 0 Å². The van der Waals surface area contributed by atoms with Gasteiger partial charge in [-0.15, -0.1) is 11.8 Å². The van der Waals surface area contributed by atoms with Gasteiger partial charge in [-0.1, -0.05) is 91.0 Å². The Bertz CT molecular complexity index is 809. The number of benzene rings is 3. The molecule has 0 N–H and O–H groups in total. The highest BCUT2D eigenvalue weighted by molar-refractivity contribution is 8.12. The molecular formula is C21H20O2S2. The summed E-state index contributed by atoms with van der Waals surface area (Å²) in [7, 11) is -3.12. The molecule has 0 fully saturated rings. The summed E-state index contributed by atoms with van der Waals surface area (Å²) in [6.07, 6.45) is 1.28. The highest BCUT2D eigenvalue weighted by Gasteiger charge is 2.37. The van der Waals surface area contributed by atoms with E-state index in [2.05, 4.69) is 36.4 Å². The summed E-state index contributed by atoms with van der Waals surface area (Å²) in [4.78, 5) is 0. The van der Waals surface area contributed by atoms with Gasteiger partial charge < -0.3 is 0 Å². The third kappa shape index (κ3) is 3.97. The van der Waals surface area contributed by atoms with Crippen molar-refractivity contribution in [3.8, 4) is 0 Å². The number of hydrogen-bond donors (Lipinski definition) is 0. The Labute approximate surface area is 153 Å². The Balaban J connectivity index is 2.27. The van der Waals surface area contributed by atoms with Gasteiger partial charge in [-0.2, -0.15) is 0 Å². The normalized spacial score (nSPS) is 12.0. The molecule has 0 atom stereocenters. The van der Waals surface area contributed by atoms with E-state index in [4.69, 9.17) is 0 Å². The Kier molecular flexibility index (Phi) is 5.30. The molecule has 0 bridgehead atoms. The second kappa shape index (κ2) is 7.46. The van der Waals surface area contributed by atoms with Crippen LogP contribution in [0, 0.1) is 0 Å². The van der Waals surface area contributed by atoms with Gasteiger partial charge in [0.05, 0.1) is 9.83 Å². The van der Waals surface area contributed by atoms with Crippen molar-refractivity contribution in [3.05, 3.63) is 108 Å². The third-order valence-electron chi connectivity index (χ3n) is 4.03. The van der Waals surface area contributed by atoms with Crippen LogP contribution >= 0.6 is 11.8 Å². The van der Waals surface area contributed by atoms with Crippen molar-refractivity contribution < 1.29 is 8.42 Å². The van der Waals surface area contributed by atoms with Gasteiger partial charge in [-0.05, 0) is 16.7 Å². The molecule has 3 aromatic carbocycles. The lowest BCUT2D eigenvalue weighted by molar-refractivity contribution is 0.606. The molecule has 2 nitrogen and oxygen atoms in total. The SMILES string of the molecule is CS(=O)(=O)CSC(c1ccccc1)(c1ccccc1)c1ccccc1. The van der Waals surface area contributed by atoms with E-state index in [1.54, 1.807) is 0 Å². The Morgan fingerprint density at radius 2 is 1.00 bits per heavy atom. The van der Waals surface area contributed by atoms with Crippen molar-refractivity contribution in [2.75, 3.05) is 11.3 Å². The molecule has 0 saturated carbocycles. The van der Waals surface area contributed by atoms with Crippen LogP contribution in [0.1, 0.15) is 16.7 Å². The Morgan fingerprint density at radius 1 is 0.680 bits per heavy atom. The molecule has 0 aliphatic carbocycles. The summed E-state index contributed by atoms with van der Waals surface area (Å²) in [5, 5.41) is 0.0473. The minimum Gasteiger partial charge on any atom is -0.228 e. The largest absolute Gasteiger partial charge is 0.228 e. The quantitative estimate of drug-likeness (QED) is 0.591. The fourth-order valence-corrected chi connectivity index (χ4v) is 5.44. The number of hydrogen-bond acceptors (Lipinski definition) is 3. The van der Waals surface area contributed by atoms with E-state index in [1.807, 2.05) is 54.6 Å². The van der Waals surface area contributed by atoms with Crippen molar-refractivity contribution in [1.29, 1.82) is 0 Å². The van der Waals surface area contributed by atoms with E-state index in [-0.39, 0.29) is 5.08 Å². The first-order chi connectivity index (χ1) is 12.0. The van der Waals surface area contributed by atoms with Gasteiger partial charge in [0.25, 0.3) is 0 Å². The summed E-state index contributed by atoms with van der Waals surface area (Å²) >= 11 is 1.45. The van der Waals surface area contributed by atoms with Crippen LogP contribution in [0.2, 0.25) is 0 Å². The predicted octanol–water partition coefficient (Wildman–Crippen LogP) is 4.71. The maximum Gasteiger partial charge on any atom is 0.156 e. The lowest BCUT2D eigenvalue weighted by atomic mass is 9.84. The van der Waals surface area contributed by atoms with Gasteiger partial charge in [0.15, 0.2) is 9.84 Å². The van der Waals surface area contributed by atoms with Crippen LogP contribution in [0.15, 0.2) is 91.0 Å². The standard InChI is InChI=1S/C21H20O2S2/c1-25(22,23)17-24-21(18-11-5-2-6-12-18,19-13-7-3-8-14-19)20-15-9-4-10-16-20/h2-16H,17H2,1H3. The zero-order valence-corrected chi connectivity index (χ0v) is 15.6. The highest BCUT2D eigenvalue weighted by atomic mass is 32.3. The average molecular weight is 369 g/mol. The molecule has 25 heavy (non-hydrogen) atoms. The average Bonchev–Trinajstić information content (AvgIpc) is 2.64. The van der Waals surface area contributed by atoms with Crippen LogP contribution in [-0.2, 0) is 14.6 Å². The van der Waals surface area contributed by atoms with Crippen LogP contribution in [-0.4, -0.2) is 19.8 Å². The van der Waals surface area contributed by atoms with Gasteiger partial charge in [-0.25, -0.2) is 8.42 Å². The Morgan fingerprint density at radius 3 is 1.28 bits per heavy atom. The van der Waals surface area contributed by atoms with Gasteiger partial charge in [0.1, 0.15) is 0 Å². The fourth-order valence-electron chi connectivity index (χ4n) is 2.96. The molecular weight excluding hydrogens is 348 g/mol. The first kappa shape index (κ1) is 17.8. The fraction of sp³-hybridized carbons (Fsp3) is 0.143. The van der Waals surface area contributed by atoms with Crippen molar-refractivity contribution in [2.24, 2.45) is 0 Å². The number of sulfone groups is 1. The van der Waals surface area contributed by atoms with E-state index < -0.39 is 14.6 Å². The van der Waals surface area contributed by atoms with Crippen LogP contribution in [0.3, 0.4) is 0 Å². The topological polar surface area (TPSA) is 34.1 Å². The molecule has 0 radical (unpaired) electrons. The van der Waals surface area contributed by atoms with E-state index in [1.165, 1.54) is 18.0 Å². The highest BCUT2D eigenvalue weighted by Crippen LogP contribution is 2.48. The van der Waals surface area contributed by atoms with Crippen molar-refractivity contribution in [3.63, 3.8) is 0 Å². The van der Waals surface area contributed by atoms with Crippen molar-refractivity contribution >= 4 is 21.6 Å². The van der Waals surface area contributed by atoms with E-state index in [0.717, 1.165) is 16.7 Å². The molecule has 3 aromatic rings. The van der Waals surface area contributed by atoms with Crippen LogP contribution in [0.25, 0.3) is 0 Å². The second-order valence-corrected chi connectivity index (χ2v) is 9.66. The minimum atomic E-state index is -3.12. The maximum atomic E-state index is 12.0. The summed E-state index contributed by atoms with van der Waals surface area (Å²) in [5.74, 6) is 0. The van der Waals surface area contributed by atoms with E-state index >= 15 is 0 Å². The third-order valence-corrected chi connectivity index (χ3v) is 7.35. The molecule has 0 heterocycles. The summed E-state index contributed by atoms with van der Waals surface area (Å²) in [6, 6.07) is 30.3. The van der Waals surface area contributed by atoms with Gasteiger partial charge in [0, 0.05) is 6.26 Å². The zero-order chi connectivity index (χ0) is 17.8. The van der Waals surface area contributed by atoms with Gasteiger partial charge in [0.2, 0.25) is 0 Å². The number of rotatable bonds is 6. The van der Waals surface area contributed by atoms with Gasteiger partial charge in [-0.3, -0.25) is 0 Å². The van der Waals surface area contributed by atoms with Crippen LogP contribution in [0.4, 0.5) is 0 Å². The molecule has 0 unspecified atom stereocenters. The monoisotopic (exact) mass is 368 g/mol. The molecule has 0 saturated heterocycles. The lowest BCUT2D eigenvalue weighted by Gasteiger charge is -2.35. The molecule has 4 heteroatoms. The van der Waals surface area contributed by atoms with E-state index in [9.17, 15) is 8.42 Å². The molecule has 0 aromatic heterocycles. The lowest BCUT2D eigenvalue weighted by Crippen LogP contribution is -2.27. The Hall–Kier alpha value is -2.04. The van der Waals surface area contributed by atoms with Crippen molar-refractivity contribution in [2.45, 2.75) is 4.75 Å². The van der Waals surface area contributed by atoms with Gasteiger partial charge >= 0.3 is 0 Å². The second-order valence-electron chi connectivity index (χ2n) is 5.97. The summed E-state index contributed by atoms with van der Waals surface area (Å²) in [5.41, 5.74) is 3.21. The first-order valence-electron chi connectivity index (χ1n) is 8.01. The smallest absolute Gasteiger partial charge is 0.156 e. The first-order valence-corrected chi connectivity index (χ1v) is 11.1. The minimum absolute atomic E-state index is 0.0473. The van der Waals surface area contributed by atoms with Crippen molar-refractivity contribution in [1.82, 2.24) is 0 Å². The summed E-state index contributed by atoms with van der Waals surface area (Å²) in [6.45, 7) is 0. The molecule has 0 aliphatic heterocycles. The summed E-state index contributed by atoms with van der Waals surface area (Å²) < 4.78 is 23.3. The van der Waals surface area contributed by atoms with Crippen LogP contribution < -0.4 is 0 Å². The maximum absolute atomic E-state index is 12.0. The van der Waals surface area contributed by atoms with Crippen LogP contribution in [0.5, 0.6) is 0 Å². The number of thioether (sulfide) groups is 1.